The van der Waals surface area contributed by atoms with Crippen molar-refractivity contribution in [1.82, 2.24) is 0 Å². The molecule has 1 aromatic rings. The van der Waals surface area contributed by atoms with Crippen LogP contribution in [0.5, 0.6) is 5.75 Å². The Hall–Kier alpha value is -0.980. The molecule has 2 aliphatic rings. The lowest BCUT2D eigenvalue weighted by Crippen LogP contribution is -2.21. The van der Waals surface area contributed by atoms with Crippen molar-refractivity contribution < 1.29 is 4.74 Å². The standard InChI is InChI=1S/C11H12O/c1-2-4-10-9(3-1)7-11(5-6-11)8-12-10/h1-4H,5-8H2. The van der Waals surface area contributed by atoms with Gasteiger partial charge in [0, 0.05) is 5.41 Å². The fourth-order valence-corrected chi connectivity index (χ4v) is 1.97. The van der Waals surface area contributed by atoms with Crippen LogP contribution in [0.2, 0.25) is 0 Å². The molecule has 1 spiro atoms. The monoisotopic (exact) mass is 160 g/mol. The summed E-state index contributed by atoms with van der Waals surface area (Å²) in [4.78, 5) is 0. The minimum atomic E-state index is 0.550. The van der Waals surface area contributed by atoms with Gasteiger partial charge in [0.2, 0.25) is 0 Å². The van der Waals surface area contributed by atoms with Gasteiger partial charge < -0.3 is 4.74 Å². The van der Waals surface area contributed by atoms with Gasteiger partial charge in [-0.3, -0.25) is 0 Å². The van der Waals surface area contributed by atoms with E-state index < -0.39 is 0 Å². The fraction of sp³-hybridized carbons (Fsp3) is 0.455. The first-order valence-electron chi connectivity index (χ1n) is 4.59. The molecular formula is C11H12O. The van der Waals surface area contributed by atoms with Gasteiger partial charge in [0.15, 0.2) is 0 Å². The molecule has 0 saturated heterocycles. The van der Waals surface area contributed by atoms with E-state index in [1.807, 2.05) is 6.07 Å². The van der Waals surface area contributed by atoms with Gasteiger partial charge in [-0.25, -0.2) is 0 Å². The van der Waals surface area contributed by atoms with E-state index >= 15 is 0 Å². The van der Waals surface area contributed by atoms with E-state index in [1.54, 1.807) is 0 Å². The quantitative estimate of drug-likeness (QED) is 0.566. The maximum atomic E-state index is 5.70. The Labute approximate surface area is 72.4 Å². The van der Waals surface area contributed by atoms with Crippen molar-refractivity contribution in [3.8, 4) is 5.75 Å². The SMILES string of the molecule is c1ccc2c(c1)CC1(CC1)CO2. The summed E-state index contributed by atoms with van der Waals surface area (Å²) >= 11 is 0. The first-order chi connectivity index (χ1) is 5.88. The smallest absolute Gasteiger partial charge is 0.122 e. The van der Waals surface area contributed by atoms with E-state index in [1.165, 1.54) is 24.8 Å². The first kappa shape index (κ1) is 6.53. The van der Waals surface area contributed by atoms with Crippen LogP contribution in [0, 0.1) is 5.41 Å². The third kappa shape index (κ3) is 0.857. The molecule has 0 atom stereocenters. The predicted octanol–water partition coefficient (Wildman–Crippen LogP) is 2.40. The first-order valence-corrected chi connectivity index (χ1v) is 4.59. The predicted molar refractivity (Wildman–Crippen MR) is 47.3 cm³/mol. The molecule has 1 heterocycles. The van der Waals surface area contributed by atoms with Gasteiger partial charge in [-0.15, -0.1) is 0 Å². The van der Waals surface area contributed by atoms with Crippen LogP contribution in [-0.2, 0) is 6.42 Å². The molecule has 1 saturated carbocycles. The molecule has 1 fully saturated rings. The summed E-state index contributed by atoms with van der Waals surface area (Å²) in [5, 5.41) is 0. The number of benzene rings is 1. The zero-order chi connectivity index (χ0) is 8.02. The third-order valence-corrected chi connectivity index (χ3v) is 3.03. The van der Waals surface area contributed by atoms with E-state index in [2.05, 4.69) is 18.2 Å². The van der Waals surface area contributed by atoms with E-state index in [9.17, 15) is 0 Å². The van der Waals surface area contributed by atoms with Gasteiger partial charge in [-0.2, -0.15) is 0 Å². The summed E-state index contributed by atoms with van der Waals surface area (Å²) in [6, 6.07) is 8.41. The molecule has 0 aromatic heterocycles. The summed E-state index contributed by atoms with van der Waals surface area (Å²) in [5.74, 6) is 1.11. The van der Waals surface area contributed by atoms with Crippen molar-refractivity contribution in [3.63, 3.8) is 0 Å². The normalized spacial score (nSPS) is 23.0. The largest absolute Gasteiger partial charge is 0.493 e. The summed E-state index contributed by atoms with van der Waals surface area (Å²) in [6.07, 6.45) is 3.96. The van der Waals surface area contributed by atoms with Crippen LogP contribution in [0.15, 0.2) is 24.3 Å². The van der Waals surface area contributed by atoms with Gasteiger partial charge in [0.05, 0.1) is 6.61 Å². The highest BCUT2D eigenvalue weighted by atomic mass is 16.5. The molecule has 0 radical (unpaired) electrons. The van der Waals surface area contributed by atoms with Crippen molar-refractivity contribution in [2.24, 2.45) is 5.41 Å². The van der Waals surface area contributed by atoms with Crippen LogP contribution < -0.4 is 4.74 Å². The van der Waals surface area contributed by atoms with E-state index in [-0.39, 0.29) is 0 Å². The van der Waals surface area contributed by atoms with Crippen molar-refractivity contribution in [2.45, 2.75) is 19.3 Å². The Balaban J connectivity index is 2.01. The van der Waals surface area contributed by atoms with Crippen LogP contribution in [-0.4, -0.2) is 6.61 Å². The van der Waals surface area contributed by atoms with E-state index in [4.69, 9.17) is 4.74 Å². The average molecular weight is 160 g/mol. The molecule has 0 amide bonds. The third-order valence-electron chi connectivity index (χ3n) is 3.03. The molecule has 1 heteroatoms. The molecule has 12 heavy (non-hydrogen) atoms. The summed E-state index contributed by atoms with van der Waals surface area (Å²) in [7, 11) is 0. The molecule has 3 rings (SSSR count). The van der Waals surface area contributed by atoms with Gasteiger partial charge in [-0.1, -0.05) is 18.2 Å². The van der Waals surface area contributed by atoms with Crippen molar-refractivity contribution in [1.29, 1.82) is 0 Å². The fourth-order valence-electron chi connectivity index (χ4n) is 1.97. The molecular weight excluding hydrogens is 148 g/mol. The number of hydrogen-bond donors (Lipinski definition) is 0. The Bertz CT molecular complexity index is 313. The number of fused-ring (bicyclic) bond motifs is 1. The second kappa shape index (κ2) is 2.03. The minimum Gasteiger partial charge on any atom is -0.493 e. The molecule has 0 bridgehead atoms. The van der Waals surface area contributed by atoms with Gasteiger partial charge in [-0.05, 0) is 30.9 Å². The number of ether oxygens (including phenoxy) is 1. The van der Waals surface area contributed by atoms with Crippen LogP contribution in [0.4, 0.5) is 0 Å². The highest BCUT2D eigenvalue weighted by Gasteiger charge is 2.45. The molecule has 0 N–H and O–H groups in total. The summed E-state index contributed by atoms with van der Waals surface area (Å²) in [5.41, 5.74) is 1.95. The van der Waals surface area contributed by atoms with Crippen LogP contribution >= 0.6 is 0 Å². The van der Waals surface area contributed by atoms with Crippen molar-refractivity contribution >= 4 is 0 Å². The maximum absolute atomic E-state index is 5.70. The van der Waals surface area contributed by atoms with Crippen LogP contribution in [0.3, 0.4) is 0 Å². The number of rotatable bonds is 0. The molecule has 1 aliphatic heterocycles. The Morgan fingerprint density at radius 2 is 2.00 bits per heavy atom. The molecule has 1 aliphatic carbocycles. The topological polar surface area (TPSA) is 9.23 Å². The van der Waals surface area contributed by atoms with Gasteiger partial charge >= 0.3 is 0 Å². The minimum absolute atomic E-state index is 0.550. The highest BCUT2D eigenvalue weighted by molar-refractivity contribution is 5.37. The zero-order valence-corrected chi connectivity index (χ0v) is 7.05. The highest BCUT2D eigenvalue weighted by Crippen LogP contribution is 2.51. The Morgan fingerprint density at radius 1 is 1.17 bits per heavy atom. The lowest BCUT2D eigenvalue weighted by atomic mass is 9.94. The molecule has 1 nitrogen and oxygen atoms in total. The summed E-state index contributed by atoms with van der Waals surface area (Å²) < 4.78 is 5.70. The Morgan fingerprint density at radius 3 is 2.83 bits per heavy atom. The average Bonchev–Trinajstić information content (AvgIpc) is 2.85. The second-order valence-electron chi connectivity index (χ2n) is 4.07. The lowest BCUT2D eigenvalue weighted by Gasteiger charge is -2.24. The van der Waals surface area contributed by atoms with Crippen LogP contribution in [0.25, 0.3) is 0 Å². The zero-order valence-electron chi connectivity index (χ0n) is 7.05. The Kier molecular flexibility index (Phi) is 1.11. The number of para-hydroxylation sites is 1. The maximum Gasteiger partial charge on any atom is 0.122 e. The summed E-state index contributed by atoms with van der Waals surface area (Å²) in [6.45, 7) is 0.948. The van der Waals surface area contributed by atoms with E-state index in [0.29, 0.717) is 5.41 Å². The van der Waals surface area contributed by atoms with Gasteiger partial charge in [0.25, 0.3) is 0 Å². The van der Waals surface area contributed by atoms with Crippen LogP contribution in [0.1, 0.15) is 18.4 Å². The van der Waals surface area contributed by atoms with Gasteiger partial charge in [0.1, 0.15) is 5.75 Å². The lowest BCUT2D eigenvalue weighted by molar-refractivity contribution is 0.207. The van der Waals surface area contributed by atoms with E-state index in [0.717, 1.165) is 12.4 Å². The number of hydrogen-bond acceptors (Lipinski definition) is 1. The van der Waals surface area contributed by atoms with Crippen molar-refractivity contribution in [3.05, 3.63) is 29.8 Å². The van der Waals surface area contributed by atoms with Crippen molar-refractivity contribution in [2.75, 3.05) is 6.61 Å². The molecule has 1 aromatic carbocycles. The molecule has 62 valence electrons. The molecule has 0 unspecified atom stereocenters. The second-order valence-corrected chi connectivity index (χ2v) is 4.07.